The maximum absolute atomic E-state index is 10.2. The van der Waals surface area contributed by atoms with Gasteiger partial charge in [-0.1, -0.05) is 0 Å². The van der Waals surface area contributed by atoms with Gasteiger partial charge >= 0.3 is 11.9 Å². The van der Waals surface area contributed by atoms with Crippen LogP contribution >= 0.6 is 0 Å². The van der Waals surface area contributed by atoms with Crippen LogP contribution in [0.25, 0.3) is 0 Å². The lowest BCUT2D eigenvalue weighted by atomic mass is 10.3. The number of carboxylic acid groups (broad SMARTS) is 2. The molecule has 10 heavy (non-hydrogen) atoms. The number of carbonyl (C=O) groups is 2. The Morgan fingerprint density at radius 1 is 1.40 bits per heavy atom. The minimum absolute atomic E-state index is 0.0347. The Bertz CT molecular complexity index is 238. The van der Waals surface area contributed by atoms with E-state index in [0.29, 0.717) is 5.57 Å². The highest BCUT2D eigenvalue weighted by molar-refractivity contribution is 6.03. The quantitative estimate of drug-likeness (QED) is 0.573. The van der Waals surface area contributed by atoms with Crippen molar-refractivity contribution in [2.45, 2.75) is 6.92 Å². The molecule has 0 radical (unpaired) electrons. The topological polar surface area (TPSA) is 74.6 Å². The average molecular weight is 142 g/mol. The van der Waals surface area contributed by atoms with Gasteiger partial charge in [0.25, 0.3) is 0 Å². The highest BCUT2D eigenvalue weighted by atomic mass is 16.4. The number of aliphatic carboxylic acids is 2. The van der Waals surface area contributed by atoms with Crippen LogP contribution in [0.2, 0.25) is 0 Å². The fraction of sp³-hybridized carbons (Fsp3) is 0.333. The van der Waals surface area contributed by atoms with Gasteiger partial charge in [0, 0.05) is 0 Å². The molecule has 0 saturated heterocycles. The molecule has 0 aromatic rings. The van der Waals surface area contributed by atoms with E-state index < -0.39 is 17.9 Å². The summed E-state index contributed by atoms with van der Waals surface area (Å²) >= 11 is 0. The van der Waals surface area contributed by atoms with Crippen molar-refractivity contribution in [3.8, 4) is 0 Å². The number of rotatable bonds is 2. The Morgan fingerprint density at radius 3 is 2.00 bits per heavy atom. The average Bonchev–Trinajstić information content (AvgIpc) is 2.40. The van der Waals surface area contributed by atoms with Crippen molar-refractivity contribution in [2.24, 2.45) is 5.92 Å². The van der Waals surface area contributed by atoms with E-state index in [0.717, 1.165) is 0 Å². The SMILES string of the molecule is CC1=C(C(=O)O)C1C(=O)O. The molecule has 1 unspecified atom stereocenters. The van der Waals surface area contributed by atoms with Crippen LogP contribution in [0.15, 0.2) is 11.1 Å². The van der Waals surface area contributed by atoms with Crippen molar-refractivity contribution >= 4 is 11.9 Å². The maximum Gasteiger partial charge on any atom is 0.332 e. The van der Waals surface area contributed by atoms with Gasteiger partial charge < -0.3 is 10.2 Å². The van der Waals surface area contributed by atoms with Gasteiger partial charge in [0.05, 0.1) is 5.57 Å². The molecule has 1 aliphatic carbocycles. The van der Waals surface area contributed by atoms with Crippen LogP contribution in [-0.4, -0.2) is 22.2 Å². The molecule has 1 atom stereocenters. The molecule has 0 saturated carbocycles. The molecule has 0 aliphatic heterocycles. The van der Waals surface area contributed by atoms with Crippen LogP contribution < -0.4 is 0 Å². The normalized spacial score (nSPS) is 22.7. The Kier molecular flexibility index (Phi) is 1.24. The van der Waals surface area contributed by atoms with Gasteiger partial charge in [-0.25, -0.2) is 4.79 Å². The van der Waals surface area contributed by atoms with Crippen LogP contribution in [0.5, 0.6) is 0 Å². The van der Waals surface area contributed by atoms with Crippen molar-refractivity contribution < 1.29 is 19.8 Å². The smallest absolute Gasteiger partial charge is 0.332 e. The molecule has 0 aromatic carbocycles. The van der Waals surface area contributed by atoms with Gasteiger partial charge in [-0.3, -0.25) is 4.79 Å². The first kappa shape index (κ1) is 6.80. The van der Waals surface area contributed by atoms with Crippen molar-refractivity contribution in [3.05, 3.63) is 11.1 Å². The summed E-state index contributed by atoms with van der Waals surface area (Å²) in [6, 6.07) is 0. The third kappa shape index (κ3) is 0.775. The largest absolute Gasteiger partial charge is 0.481 e. The van der Waals surface area contributed by atoms with Crippen LogP contribution in [0.1, 0.15) is 6.92 Å². The third-order valence-corrected chi connectivity index (χ3v) is 1.54. The standard InChI is InChI=1S/C6H6O4/c1-2-3(5(7)8)4(2)6(9)10/h3H,1H3,(H,7,8)(H,9,10). The lowest BCUT2D eigenvalue weighted by molar-refractivity contribution is -0.140. The van der Waals surface area contributed by atoms with E-state index in [1.807, 2.05) is 0 Å². The number of hydrogen-bond acceptors (Lipinski definition) is 2. The predicted octanol–water partition coefficient (Wildman–Crippen LogP) is 0.102. The highest BCUT2D eigenvalue weighted by Crippen LogP contribution is 2.38. The minimum atomic E-state index is -1.12. The van der Waals surface area contributed by atoms with Gasteiger partial charge in [-0.05, 0) is 12.5 Å². The zero-order valence-electron chi connectivity index (χ0n) is 5.29. The summed E-state index contributed by atoms with van der Waals surface area (Å²) in [5.41, 5.74) is 0.493. The van der Waals surface area contributed by atoms with Crippen LogP contribution in [0.4, 0.5) is 0 Å². The molecule has 4 nitrogen and oxygen atoms in total. The zero-order chi connectivity index (χ0) is 7.89. The Balaban J connectivity index is 2.69. The van der Waals surface area contributed by atoms with E-state index in [9.17, 15) is 9.59 Å². The van der Waals surface area contributed by atoms with E-state index in [4.69, 9.17) is 10.2 Å². The van der Waals surface area contributed by atoms with E-state index in [-0.39, 0.29) is 5.57 Å². The summed E-state index contributed by atoms with van der Waals surface area (Å²) in [5, 5.41) is 16.7. The molecule has 0 aromatic heterocycles. The number of hydrogen-bond donors (Lipinski definition) is 2. The van der Waals surface area contributed by atoms with Crippen molar-refractivity contribution in [3.63, 3.8) is 0 Å². The summed E-state index contributed by atoms with van der Waals surface area (Å²) in [4.78, 5) is 20.3. The third-order valence-electron chi connectivity index (χ3n) is 1.54. The summed E-state index contributed by atoms with van der Waals surface area (Å²) in [6.45, 7) is 1.52. The van der Waals surface area contributed by atoms with Crippen molar-refractivity contribution in [1.82, 2.24) is 0 Å². The van der Waals surface area contributed by atoms with Crippen LogP contribution in [0, 0.1) is 5.92 Å². The van der Waals surface area contributed by atoms with Gasteiger partial charge in [0.2, 0.25) is 0 Å². The summed E-state index contributed by atoms with van der Waals surface area (Å²) in [6.07, 6.45) is 0. The second-order valence-corrected chi connectivity index (χ2v) is 2.17. The van der Waals surface area contributed by atoms with Gasteiger partial charge in [0.1, 0.15) is 5.92 Å². The summed E-state index contributed by atoms with van der Waals surface area (Å²) in [5.74, 6) is -3.02. The fourth-order valence-corrected chi connectivity index (χ4v) is 0.931. The van der Waals surface area contributed by atoms with Gasteiger partial charge in [-0.2, -0.15) is 0 Å². The summed E-state index contributed by atoms with van der Waals surface area (Å²) in [7, 11) is 0. The maximum atomic E-state index is 10.2. The van der Waals surface area contributed by atoms with Crippen LogP contribution in [-0.2, 0) is 9.59 Å². The van der Waals surface area contributed by atoms with Crippen molar-refractivity contribution in [2.75, 3.05) is 0 Å². The molecular weight excluding hydrogens is 136 g/mol. The molecule has 0 bridgehead atoms. The Hall–Kier alpha value is -1.32. The van der Waals surface area contributed by atoms with E-state index in [1.54, 1.807) is 0 Å². The molecule has 54 valence electrons. The van der Waals surface area contributed by atoms with Gasteiger partial charge in [0.15, 0.2) is 0 Å². The first-order valence-corrected chi connectivity index (χ1v) is 2.72. The van der Waals surface area contributed by atoms with E-state index in [1.165, 1.54) is 6.92 Å². The number of carboxylic acids is 2. The second-order valence-electron chi connectivity index (χ2n) is 2.17. The van der Waals surface area contributed by atoms with E-state index >= 15 is 0 Å². The monoisotopic (exact) mass is 142 g/mol. The molecular formula is C6H6O4. The Morgan fingerprint density at radius 2 is 1.90 bits per heavy atom. The van der Waals surface area contributed by atoms with E-state index in [2.05, 4.69) is 0 Å². The Labute approximate surface area is 56.8 Å². The summed E-state index contributed by atoms with van der Waals surface area (Å²) < 4.78 is 0. The lowest BCUT2D eigenvalue weighted by Gasteiger charge is -1.86. The molecule has 4 heteroatoms. The first-order valence-electron chi connectivity index (χ1n) is 2.72. The molecule has 0 fully saturated rings. The fourth-order valence-electron chi connectivity index (χ4n) is 0.931. The predicted molar refractivity (Wildman–Crippen MR) is 31.5 cm³/mol. The van der Waals surface area contributed by atoms with Gasteiger partial charge in [-0.15, -0.1) is 0 Å². The minimum Gasteiger partial charge on any atom is -0.481 e. The molecule has 1 rings (SSSR count). The molecule has 0 amide bonds. The molecule has 0 heterocycles. The lowest BCUT2D eigenvalue weighted by Crippen LogP contribution is -2.05. The van der Waals surface area contributed by atoms with Crippen molar-refractivity contribution in [1.29, 1.82) is 0 Å². The highest BCUT2D eigenvalue weighted by Gasteiger charge is 2.43. The van der Waals surface area contributed by atoms with Crippen LogP contribution in [0.3, 0.4) is 0 Å². The zero-order valence-corrected chi connectivity index (χ0v) is 5.29. The molecule has 2 N–H and O–H groups in total. The second kappa shape index (κ2) is 1.83. The first-order chi connectivity index (χ1) is 4.55. The molecule has 0 spiro atoms. The molecule has 1 aliphatic rings.